The molecule has 0 bridgehead atoms. The Bertz CT molecular complexity index is 452. The van der Waals surface area contributed by atoms with E-state index in [1.807, 2.05) is 19.1 Å². The Morgan fingerprint density at radius 2 is 2.20 bits per heavy atom. The van der Waals surface area contributed by atoms with E-state index in [0.717, 1.165) is 11.3 Å². The number of hydrogen-bond acceptors (Lipinski definition) is 1. The molecule has 4 heteroatoms. The number of nitrogens with zero attached hydrogens (tertiary/aromatic N) is 2. The van der Waals surface area contributed by atoms with Gasteiger partial charge in [-0.25, -0.2) is 4.39 Å². The van der Waals surface area contributed by atoms with Crippen molar-refractivity contribution in [3.8, 4) is 0 Å². The van der Waals surface area contributed by atoms with Crippen LogP contribution in [0.5, 0.6) is 0 Å². The van der Waals surface area contributed by atoms with Crippen molar-refractivity contribution in [2.75, 3.05) is 0 Å². The molecule has 2 rings (SSSR count). The summed E-state index contributed by atoms with van der Waals surface area (Å²) in [5.41, 5.74) is 6.85. The molecular formula is C11H9BrFN2. The minimum atomic E-state index is -0.218. The summed E-state index contributed by atoms with van der Waals surface area (Å²) in [5, 5.41) is 4.47. The monoisotopic (exact) mass is 267 g/mol. The van der Waals surface area contributed by atoms with Crippen molar-refractivity contribution in [1.29, 1.82) is 0 Å². The van der Waals surface area contributed by atoms with E-state index >= 15 is 0 Å². The maximum atomic E-state index is 13.5. The van der Waals surface area contributed by atoms with Crippen LogP contribution in [0, 0.1) is 5.82 Å². The Morgan fingerprint density at radius 3 is 2.73 bits per heavy atom. The third-order valence-corrected chi connectivity index (χ3v) is 2.76. The quantitative estimate of drug-likeness (QED) is 0.737. The van der Waals surface area contributed by atoms with Gasteiger partial charge in [0.05, 0.1) is 11.4 Å². The highest BCUT2D eigenvalue weighted by Gasteiger charge is 2.10. The van der Waals surface area contributed by atoms with Crippen molar-refractivity contribution < 1.29 is 4.39 Å². The topological polar surface area (TPSA) is 26.5 Å². The average molecular weight is 268 g/mol. The van der Waals surface area contributed by atoms with Crippen molar-refractivity contribution in [3.63, 3.8) is 0 Å². The molecule has 0 fully saturated rings. The number of halogens is 2. The molecule has 1 aliphatic rings. The summed E-state index contributed by atoms with van der Waals surface area (Å²) < 4.78 is 13.5. The summed E-state index contributed by atoms with van der Waals surface area (Å²) in [6.07, 6.45) is 1.84. The van der Waals surface area contributed by atoms with Crippen LogP contribution in [-0.4, -0.2) is 5.71 Å². The van der Waals surface area contributed by atoms with Gasteiger partial charge in [0, 0.05) is 10.9 Å². The second-order valence-corrected chi connectivity index (χ2v) is 3.87. The first-order valence-electron chi connectivity index (χ1n) is 4.52. The molecule has 0 atom stereocenters. The van der Waals surface area contributed by atoms with E-state index in [2.05, 4.69) is 26.5 Å². The minimum absolute atomic E-state index is 0.218. The molecule has 77 valence electrons. The number of alkyl halides is 1. The van der Waals surface area contributed by atoms with Gasteiger partial charge >= 0.3 is 0 Å². The number of allylic oxidation sites excluding steroid dienone is 2. The standard InChI is InChI=1S/C11H9BrFN2/c1-7-4-11(15-14-7)8-2-3-9(6-12)10(13)5-8/h2-5H,6H2,1H3. The normalized spacial score (nSPS) is 14.6. The van der Waals surface area contributed by atoms with Gasteiger partial charge in [0.15, 0.2) is 0 Å². The second kappa shape index (κ2) is 4.14. The van der Waals surface area contributed by atoms with E-state index in [9.17, 15) is 4.39 Å². The van der Waals surface area contributed by atoms with Crippen LogP contribution in [0.15, 0.2) is 35.1 Å². The minimum Gasteiger partial charge on any atom is -0.207 e. The van der Waals surface area contributed by atoms with Crippen LogP contribution in [0.4, 0.5) is 4.39 Å². The smallest absolute Gasteiger partial charge is 0.127 e. The second-order valence-electron chi connectivity index (χ2n) is 3.31. The maximum Gasteiger partial charge on any atom is 0.127 e. The first-order chi connectivity index (χ1) is 7.20. The lowest BCUT2D eigenvalue weighted by Gasteiger charge is -2.01. The zero-order chi connectivity index (χ0) is 10.8. The number of hydrogen-bond donors (Lipinski definition) is 0. The molecule has 1 aromatic carbocycles. The summed E-state index contributed by atoms with van der Waals surface area (Å²) in [4.78, 5) is 0. The molecule has 2 nitrogen and oxygen atoms in total. The first kappa shape index (κ1) is 10.4. The van der Waals surface area contributed by atoms with Gasteiger partial charge in [-0.05, 0) is 24.6 Å². The van der Waals surface area contributed by atoms with Crippen molar-refractivity contribution in [1.82, 2.24) is 5.43 Å². The lowest BCUT2D eigenvalue weighted by molar-refractivity contribution is 0.617. The van der Waals surface area contributed by atoms with Gasteiger partial charge in [-0.3, -0.25) is 0 Å². The van der Waals surface area contributed by atoms with E-state index in [1.165, 1.54) is 6.07 Å². The molecule has 1 aromatic rings. The predicted molar refractivity (Wildman–Crippen MR) is 61.5 cm³/mol. The molecule has 15 heavy (non-hydrogen) atoms. The van der Waals surface area contributed by atoms with E-state index in [0.29, 0.717) is 16.6 Å². The van der Waals surface area contributed by atoms with Gasteiger partial charge in [0.2, 0.25) is 0 Å². The van der Waals surface area contributed by atoms with Crippen LogP contribution in [0.25, 0.3) is 0 Å². The van der Waals surface area contributed by atoms with Crippen LogP contribution in [0.1, 0.15) is 18.1 Å². The molecule has 1 heterocycles. The third-order valence-electron chi connectivity index (χ3n) is 2.15. The molecule has 0 aliphatic carbocycles. The summed E-state index contributed by atoms with van der Waals surface area (Å²) >= 11 is 3.23. The fraction of sp³-hybridized carbons (Fsp3) is 0.182. The molecule has 0 unspecified atom stereocenters. The molecule has 1 radical (unpaired) electrons. The van der Waals surface area contributed by atoms with Crippen LogP contribution in [-0.2, 0) is 5.33 Å². The van der Waals surface area contributed by atoms with E-state index < -0.39 is 0 Å². The fourth-order valence-corrected chi connectivity index (χ4v) is 1.80. The van der Waals surface area contributed by atoms with Gasteiger partial charge in [-0.1, -0.05) is 28.1 Å². The molecule has 0 N–H and O–H groups in total. The largest absolute Gasteiger partial charge is 0.207 e. The molecule has 1 aliphatic heterocycles. The Labute approximate surface area is 96.0 Å². The highest BCUT2D eigenvalue weighted by atomic mass is 79.9. The highest BCUT2D eigenvalue weighted by molar-refractivity contribution is 9.08. The Kier molecular flexibility index (Phi) is 2.86. The van der Waals surface area contributed by atoms with Crippen LogP contribution < -0.4 is 5.43 Å². The van der Waals surface area contributed by atoms with Crippen molar-refractivity contribution in [2.45, 2.75) is 12.3 Å². The Hall–Kier alpha value is -1.16. The van der Waals surface area contributed by atoms with Crippen molar-refractivity contribution in [2.24, 2.45) is 5.10 Å². The lowest BCUT2D eigenvalue weighted by atomic mass is 10.1. The Balaban J connectivity index is 2.35. The van der Waals surface area contributed by atoms with E-state index in [-0.39, 0.29) is 5.82 Å². The molecule has 0 saturated carbocycles. The summed E-state index contributed by atoms with van der Waals surface area (Å²) in [6, 6.07) is 5.09. The van der Waals surface area contributed by atoms with Crippen molar-refractivity contribution in [3.05, 3.63) is 46.9 Å². The zero-order valence-electron chi connectivity index (χ0n) is 8.17. The fourth-order valence-electron chi connectivity index (χ4n) is 1.34. The third kappa shape index (κ3) is 2.09. The number of benzene rings is 1. The first-order valence-corrected chi connectivity index (χ1v) is 5.64. The van der Waals surface area contributed by atoms with Gasteiger partial charge < -0.3 is 0 Å². The summed E-state index contributed by atoms with van der Waals surface area (Å²) in [5.74, 6) is -0.218. The average Bonchev–Trinajstić information content (AvgIpc) is 2.65. The van der Waals surface area contributed by atoms with Crippen LogP contribution >= 0.6 is 15.9 Å². The van der Waals surface area contributed by atoms with Crippen LogP contribution in [0.2, 0.25) is 0 Å². The van der Waals surface area contributed by atoms with Crippen LogP contribution in [0.3, 0.4) is 0 Å². The SMILES string of the molecule is CC1=CC(c2ccc(CBr)c(F)c2)=N[N]1. The molecule has 0 amide bonds. The van der Waals surface area contributed by atoms with Gasteiger partial charge in [-0.2, -0.15) is 10.5 Å². The van der Waals surface area contributed by atoms with Gasteiger partial charge in [-0.15, -0.1) is 0 Å². The van der Waals surface area contributed by atoms with E-state index in [1.54, 1.807) is 6.07 Å². The molecule has 0 saturated heterocycles. The number of rotatable bonds is 2. The highest BCUT2D eigenvalue weighted by Crippen LogP contribution is 2.16. The lowest BCUT2D eigenvalue weighted by Crippen LogP contribution is -1.97. The summed E-state index contributed by atoms with van der Waals surface area (Å²) in [7, 11) is 0. The molecular weight excluding hydrogens is 259 g/mol. The molecule has 0 aromatic heterocycles. The predicted octanol–water partition coefficient (Wildman–Crippen LogP) is 2.95. The van der Waals surface area contributed by atoms with Gasteiger partial charge in [0.1, 0.15) is 5.82 Å². The van der Waals surface area contributed by atoms with Gasteiger partial charge in [0.25, 0.3) is 0 Å². The maximum absolute atomic E-state index is 13.5. The van der Waals surface area contributed by atoms with E-state index in [4.69, 9.17) is 0 Å². The summed E-state index contributed by atoms with van der Waals surface area (Å²) in [6.45, 7) is 1.86. The van der Waals surface area contributed by atoms with Crippen molar-refractivity contribution >= 4 is 21.6 Å². The Morgan fingerprint density at radius 1 is 1.40 bits per heavy atom. The zero-order valence-corrected chi connectivity index (χ0v) is 9.75. The molecule has 0 spiro atoms.